The van der Waals surface area contributed by atoms with Gasteiger partial charge in [0.05, 0.1) is 0 Å². The Labute approximate surface area is 194 Å². The van der Waals surface area contributed by atoms with Crippen LogP contribution in [-0.2, 0) is 6.54 Å². The van der Waals surface area contributed by atoms with Gasteiger partial charge in [-0.15, -0.1) is 4.73 Å². The maximum Gasteiger partial charge on any atom is 0.434 e. The van der Waals surface area contributed by atoms with Gasteiger partial charge in [0.25, 0.3) is 0 Å². The molecule has 33 heavy (non-hydrogen) atoms. The molecule has 0 saturated carbocycles. The van der Waals surface area contributed by atoms with Crippen LogP contribution in [0, 0.1) is 18.8 Å². The number of aromatic nitrogens is 1. The van der Waals surface area contributed by atoms with Gasteiger partial charge in [-0.05, 0) is 43.0 Å². The van der Waals surface area contributed by atoms with Crippen molar-refractivity contribution in [1.82, 2.24) is 19.4 Å². The number of likely N-dealkylation sites (N-methyl/N-ethyl adjacent to an activating group) is 1. The number of nitrogens with zero attached hydrogens (tertiary/aromatic N) is 5. The number of rotatable bonds is 4. The first-order valence-corrected chi connectivity index (χ1v) is 11.7. The number of likely N-dealkylation sites (tertiary alicyclic amines) is 2. The molecule has 9 heteroatoms. The van der Waals surface area contributed by atoms with Crippen molar-refractivity contribution in [2.45, 2.75) is 13.5 Å². The minimum Gasteiger partial charge on any atom is -0.492 e. The van der Waals surface area contributed by atoms with E-state index in [1.165, 1.54) is 28.9 Å². The van der Waals surface area contributed by atoms with Crippen LogP contribution in [0.3, 0.4) is 0 Å². The zero-order valence-electron chi connectivity index (χ0n) is 19.4. The zero-order valence-corrected chi connectivity index (χ0v) is 19.4. The van der Waals surface area contributed by atoms with Crippen LogP contribution in [0.25, 0.3) is 0 Å². The van der Waals surface area contributed by atoms with Crippen LogP contribution < -0.4 is 9.74 Å². The van der Waals surface area contributed by atoms with E-state index in [0.29, 0.717) is 24.9 Å². The number of carbonyl (C=O) groups is 1. The van der Waals surface area contributed by atoms with Crippen LogP contribution in [0.1, 0.15) is 11.1 Å². The number of piperazine rings is 1. The Morgan fingerprint density at radius 1 is 0.970 bits per heavy atom. The maximum atomic E-state index is 12.5. The fourth-order valence-corrected chi connectivity index (χ4v) is 5.47. The molecule has 2 unspecified atom stereocenters. The van der Waals surface area contributed by atoms with Gasteiger partial charge in [0, 0.05) is 76.7 Å². The highest BCUT2D eigenvalue weighted by molar-refractivity contribution is 5.68. The van der Waals surface area contributed by atoms with Gasteiger partial charge in [-0.3, -0.25) is 4.90 Å². The van der Waals surface area contributed by atoms with Gasteiger partial charge in [0.1, 0.15) is 0 Å². The molecule has 0 spiro atoms. The number of aromatic hydroxyl groups is 2. The second kappa shape index (κ2) is 8.79. The summed E-state index contributed by atoms with van der Waals surface area (Å²) < 4.78 is 0.749. The molecule has 0 aliphatic carbocycles. The molecular formula is C24H33N5O4. The van der Waals surface area contributed by atoms with Crippen molar-refractivity contribution in [2.24, 2.45) is 11.8 Å². The van der Waals surface area contributed by atoms with Gasteiger partial charge in [0.15, 0.2) is 0 Å². The van der Waals surface area contributed by atoms with Gasteiger partial charge in [-0.2, -0.15) is 0 Å². The lowest BCUT2D eigenvalue weighted by molar-refractivity contribution is 0.0774. The van der Waals surface area contributed by atoms with Crippen LogP contribution in [-0.4, -0.2) is 95.1 Å². The molecule has 4 heterocycles. The highest BCUT2D eigenvalue weighted by atomic mass is 16.7. The molecule has 0 bridgehead atoms. The summed E-state index contributed by atoms with van der Waals surface area (Å²) in [6.45, 7) is 10.7. The molecule has 3 aliphatic rings. The Morgan fingerprint density at radius 2 is 1.61 bits per heavy atom. The molecule has 2 aromatic rings. The summed E-state index contributed by atoms with van der Waals surface area (Å²) in [5, 5.41) is 19.4. The van der Waals surface area contributed by atoms with Gasteiger partial charge in [-0.1, -0.05) is 12.1 Å². The zero-order chi connectivity index (χ0) is 23.1. The van der Waals surface area contributed by atoms with Crippen molar-refractivity contribution >= 4 is 11.8 Å². The van der Waals surface area contributed by atoms with Crippen molar-refractivity contribution in [1.29, 1.82) is 0 Å². The summed E-state index contributed by atoms with van der Waals surface area (Å²) in [4.78, 5) is 26.7. The van der Waals surface area contributed by atoms with E-state index in [4.69, 9.17) is 4.84 Å². The number of fused-ring (bicyclic) bond motifs is 1. The predicted octanol–water partition coefficient (Wildman–Crippen LogP) is 1.57. The van der Waals surface area contributed by atoms with E-state index < -0.39 is 6.09 Å². The molecule has 1 amide bonds. The van der Waals surface area contributed by atoms with E-state index in [-0.39, 0.29) is 11.8 Å². The van der Waals surface area contributed by atoms with Crippen molar-refractivity contribution < 1.29 is 19.8 Å². The van der Waals surface area contributed by atoms with Gasteiger partial charge in [0.2, 0.25) is 11.8 Å². The van der Waals surface area contributed by atoms with E-state index in [1.807, 2.05) is 0 Å². The van der Waals surface area contributed by atoms with Crippen molar-refractivity contribution in [3.05, 3.63) is 41.5 Å². The van der Waals surface area contributed by atoms with Crippen LogP contribution in [0.15, 0.2) is 30.3 Å². The second-order valence-electron chi connectivity index (χ2n) is 9.67. The largest absolute Gasteiger partial charge is 0.492 e. The summed E-state index contributed by atoms with van der Waals surface area (Å²) in [5.74, 6) is 0.206. The van der Waals surface area contributed by atoms with E-state index in [2.05, 4.69) is 46.9 Å². The molecule has 2 N–H and O–H groups in total. The summed E-state index contributed by atoms with van der Waals surface area (Å²) in [7, 11) is 2.18. The minimum absolute atomic E-state index is 0.305. The Kier molecular flexibility index (Phi) is 5.84. The van der Waals surface area contributed by atoms with Crippen molar-refractivity contribution in [2.75, 3.05) is 64.3 Å². The summed E-state index contributed by atoms with van der Waals surface area (Å²) in [6.07, 6.45) is -0.548. The number of benzene rings is 1. The Balaban J connectivity index is 1.17. The molecule has 5 rings (SSSR count). The maximum absolute atomic E-state index is 12.5. The molecule has 3 aliphatic heterocycles. The third-order valence-corrected chi connectivity index (χ3v) is 7.44. The lowest BCUT2D eigenvalue weighted by Gasteiger charge is -2.35. The Hall–Kier alpha value is -2.91. The summed E-state index contributed by atoms with van der Waals surface area (Å²) >= 11 is 0. The van der Waals surface area contributed by atoms with E-state index in [0.717, 1.165) is 50.5 Å². The van der Waals surface area contributed by atoms with Crippen LogP contribution in [0.5, 0.6) is 11.8 Å². The third kappa shape index (κ3) is 4.35. The first kappa shape index (κ1) is 21.9. The minimum atomic E-state index is -0.548. The first-order valence-electron chi connectivity index (χ1n) is 11.7. The van der Waals surface area contributed by atoms with Crippen LogP contribution >= 0.6 is 0 Å². The molecule has 9 nitrogen and oxygen atoms in total. The standard InChI is InChI=1S/C24H33N5O4/c1-17-18(4-3-5-21(17)27-10-8-25(2)9-11-27)12-26-13-19-15-28(16-20(19)14-26)24(32)33-29-22(30)6-7-23(29)31/h3-7,19-20,30-31H,8-16H2,1-2H3. The lowest BCUT2D eigenvalue weighted by Crippen LogP contribution is -2.44. The molecule has 0 radical (unpaired) electrons. The lowest BCUT2D eigenvalue weighted by atomic mass is 10.0. The summed E-state index contributed by atoms with van der Waals surface area (Å²) in [5.41, 5.74) is 4.10. The fraction of sp³-hybridized carbons (Fsp3) is 0.542. The molecule has 1 aromatic carbocycles. The molecule has 178 valence electrons. The second-order valence-corrected chi connectivity index (χ2v) is 9.67. The van der Waals surface area contributed by atoms with E-state index in [1.54, 1.807) is 4.90 Å². The van der Waals surface area contributed by atoms with Crippen molar-refractivity contribution in [3.8, 4) is 11.8 Å². The normalized spacial score (nSPS) is 23.8. The number of amides is 1. The van der Waals surface area contributed by atoms with Crippen LogP contribution in [0.2, 0.25) is 0 Å². The number of anilines is 1. The smallest absolute Gasteiger partial charge is 0.434 e. The Morgan fingerprint density at radius 3 is 2.24 bits per heavy atom. The van der Waals surface area contributed by atoms with Gasteiger partial charge >= 0.3 is 6.09 Å². The average Bonchev–Trinajstić information content (AvgIpc) is 3.45. The third-order valence-electron chi connectivity index (χ3n) is 7.44. The Bertz CT molecular complexity index is 983. The number of carbonyl (C=O) groups excluding carboxylic acids is 1. The molecule has 1 aromatic heterocycles. The highest BCUT2D eigenvalue weighted by Gasteiger charge is 2.42. The topological polar surface area (TPSA) is 84.6 Å². The molecule has 2 atom stereocenters. The predicted molar refractivity (Wildman–Crippen MR) is 124 cm³/mol. The fourth-order valence-electron chi connectivity index (χ4n) is 5.47. The highest BCUT2D eigenvalue weighted by Crippen LogP contribution is 2.33. The molecule has 3 saturated heterocycles. The van der Waals surface area contributed by atoms with E-state index in [9.17, 15) is 15.0 Å². The molecule has 3 fully saturated rings. The van der Waals surface area contributed by atoms with Gasteiger partial charge < -0.3 is 29.8 Å². The molecular weight excluding hydrogens is 422 g/mol. The van der Waals surface area contributed by atoms with E-state index >= 15 is 0 Å². The number of hydrogen-bond acceptors (Lipinski definition) is 7. The SMILES string of the molecule is Cc1c(CN2CC3CN(C(=O)On4c(O)ccc4O)CC3C2)cccc1N1CCN(C)CC1. The quantitative estimate of drug-likeness (QED) is 0.724. The summed E-state index contributed by atoms with van der Waals surface area (Å²) in [6, 6.07) is 9.21. The van der Waals surface area contributed by atoms with Crippen LogP contribution in [0.4, 0.5) is 10.5 Å². The number of hydrogen-bond donors (Lipinski definition) is 2. The first-order chi connectivity index (χ1) is 15.9. The average molecular weight is 456 g/mol. The van der Waals surface area contributed by atoms with Gasteiger partial charge in [-0.25, -0.2) is 4.79 Å². The van der Waals surface area contributed by atoms with Crippen molar-refractivity contribution in [3.63, 3.8) is 0 Å². The monoisotopic (exact) mass is 455 g/mol.